The van der Waals surface area contributed by atoms with Gasteiger partial charge in [0.15, 0.2) is 0 Å². The first-order valence-corrected chi connectivity index (χ1v) is 8.20. The first-order chi connectivity index (χ1) is 9.67. The Morgan fingerprint density at radius 2 is 1.90 bits per heavy atom. The molecule has 4 heteroatoms. The van der Waals surface area contributed by atoms with Crippen LogP contribution in [0.3, 0.4) is 0 Å². The Hall–Kier alpha value is -1.26. The van der Waals surface area contributed by atoms with Crippen LogP contribution in [0, 0.1) is 0 Å². The standard InChI is InChI=1S/C16H21NO2S/c1-20-15-9-2-12(3-10-15)4-11-16(19)17-13-5-7-14(18)8-6-13/h2-4,9-11,13-14,18H,5-8H2,1H3,(H,17,19). The van der Waals surface area contributed by atoms with Crippen LogP contribution in [-0.4, -0.2) is 29.4 Å². The number of carbonyl (C=O) groups is 1. The van der Waals surface area contributed by atoms with Gasteiger partial charge in [0.05, 0.1) is 6.10 Å². The first kappa shape index (κ1) is 15.1. The highest BCUT2D eigenvalue weighted by Gasteiger charge is 2.19. The summed E-state index contributed by atoms with van der Waals surface area (Å²) in [5.41, 5.74) is 1.03. The van der Waals surface area contributed by atoms with Gasteiger partial charge in [-0.3, -0.25) is 4.79 Å². The Balaban J connectivity index is 1.82. The fraction of sp³-hybridized carbons (Fsp3) is 0.438. The number of hydrogen-bond donors (Lipinski definition) is 2. The van der Waals surface area contributed by atoms with Gasteiger partial charge in [0.25, 0.3) is 0 Å². The summed E-state index contributed by atoms with van der Waals surface area (Å²) >= 11 is 1.70. The van der Waals surface area contributed by atoms with E-state index in [1.807, 2.05) is 36.6 Å². The molecule has 3 nitrogen and oxygen atoms in total. The van der Waals surface area contributed by atoms with E-state index in [2.05, 4.69) is 5.32 Å². The van der Waals surface area contributed by atoms with E-state index in [1.165, 1.54) is 4.90 Å². The topological polar surface area (TPSA) is 49.3 Å². The maximum absolute atomic E-state index is 11.8. The molecule has 2 N–H and O–H groups in total. The van der Waals surface area contributed by atoms with Crippen molar-refractivity contribution in [1.82, 2.24) is 5.32 Å². The van der Waals surface area contributed by atoms with E-state index >= 15 is 0 Å². The lowest BCUT2D eigenvalue weighted by molar-refractivity contribution is -0.117. The van der Waals surface area contributed by atoms with Crippen molar-refractivity contribution >= 4 is 23.7 Å². The minimum atomic E-state index is -0.186. The number of rotatable bonds is 4. The van der Waals surface area contributed by atoms with Crippen molar-refractivity contribution in [3.05, 3.63) is 35.9 Å². The van der Waals surface area contributed by atoms with Gasteiger partial charge in [-0.15, -0.1) is 11.8 Å². The highest BCUT2D eigenvalue weighted by atomic mass is 32.2. The normalized spacial score (nSPS) is 22.9. The third-order valence-electron chi connectivity index (χ3n) is 3.59. The lowest BCUT2D eigenvalue weighted by Crippen LogP contribution is -2.37. The molecule has 1 aromatic carbocycles. The van der Waals surface area contributed by atoms with Crippen molar-refractivity contribution in [2.24, 2.45) is 0 Å². The number of hydrogen-bond acceptors (Lipinski definition) is 3. The average molecular weight is 291 g/mol. The monoisotopic (exact) mass is 291 g/mol. The fourth-order valence-corrected chi connectivity index (χ4v) is 2.76. The van der Waals surface area contributed by atoms with Crippen molar-refractivity contribution in [3.63, 3.8) is 0 Å². The second kappa shape index (κ2) is 7.50. The van der Waals surface area contributed by atoms with Crippen molar-refractivity contribution in [1.29, 1.82) is 0 Å². The molecular weight excluding hydrogens is 270 g/mol. The number of carbonyl (C=O) groups excluding carboxylic acids is 1. The van der Waals surface area contributed by atoms with Crippen molar-refractivity contribution in [3.8, 4) is 0 Å². The van der Waals surface area contributed by atoms with Gasteiger partial charge in [0, 0.05) is 17.0 Å². The largest absolute Gasteiger partial charge is 0.393 e. The minimum absolute atomic E-state index is 0.0552. The van der Waals surface area contributed by atoms with Crippen molar-refractivity contribution < 1.29 is 9.90 Å². The van der Waals surface area contributed by atoms with Gasteiger partial charge in [0.1, 0.15) is 0 Å². The lowest BCUT2D eigenvalue weighted by atomic mass is 9.93. The van der Waals surface area contributed by atoms with Gasteiger partial charge in [0.2, 0.25) is 5.91 Å². The second-order valence-electron chi connectivity index (χ2n) is 5.12. The fourth-order valence-electron chi connectivity index (χ4n) is 2.36. The Kier molecular flexibility index (Phi) is 5.68. The highest BCUT2D eigenvalue weighted by Crippen LogP contribution is 2.18. The lowest BCUT2D eigenvalue weighted by Gasteiger charge is -2.25. The average Bonchev–Trinajstić information content (AvgIpc) is 2.48. The van der Waals surface area contributed by atoms with Crippen LogP contribution in [0.2, 0.25) is 0 Å². The van der Waals surface area contributed by atoms with Gasteiger partial charge in [-0.2, -0.15) is 0 Å². The van der Waals surface area contributed by atoms with E-state index in [0.717, 1.165) is 31.2 Å². The highest BCUT2D eigenvalue weighted by molar-refractivity contribution is 7.98. The molecule has 1 aliphatic rings. The molecule has 1 aromatic rings. The van der Waals surface area contributed by atoms with Gasteiger partial charge >= 0.3 is 0 Å². The first-order valence-electron chi connectivity index (χ1n) is 6.98. The third-order valence-corrected chi connectivity index (χ3v) is 4.33. The van der Waals surface area contributed by atoms with Crippen LogP contribution >= 0.6 is 11.8 Å². The van der Waals surface area contributed by atoms with E-state index < -0.39 is 0 Å². The van der Waals surface area contributed by atoms with E-state index in [4.69, 9.17) is 0 Å². The van der Waals surface area contributed by atoms with Gasteiger partial charge < -0.3 is 10.4 Å². The van der Waals surface area contributed by atoms with Crippen molar-refractivity contribution in [2.45, 2.75) is 42.7 Å². The van der Waals surface area contributed by atoms with Gasteiger partial charge in [-0.25, -0.2) is 0 Å². The molecule has 0 saturated heterocycles. The molecule has 1 amide bonds. The number of aliphatic hydroxyl groups excluding tert-OH is 1. The number of amides is 1. The van der Waals surface area contributed by atoms with Gasteiger partial charge in [-0.05, 0) is 55.7 Å². The molecule has 0 aliphatic heterocycles. The molecule has 1 aliphatic carbocycles. The SMILES string of the molecule is CSc1ccc(C=CC(=O)NC2CCC(O)CC2)cc1. The summed E-state index contributed by atoms with van der Waals surface area (Å²) in [6, 6.07) is 8.31. The van der Waals surface area contributed by atoms with E-state index in [-0.39, 0.29) is 18.1 Å². The third kappa shape index (κ3) is 4.69. The van der Waals surface area contributed by atoms with Crippen LogP contribution in [0.4, 0.5) is 0 Å². The molecule has 0 atom stereocenters. The zero-order valence-electron chi connectivity index (χ0n) is 11.7. The summed E-state index contributed by atoms with van der Waals surface area (Å²) in [4.78, 5) is 13.0. The van der Waals surface area contributed by atoms with Crippen LogP contribution in [0.1, 0.15) is 31.2 Å². The molecule has 0 aromatic heterocycles. The molecule has 0 unspecified atom stereocenters. The number of aliphatic hydroxyl groups is 1. The summed E-state index contributed by atoms with van der Waals surface area (Å²) in [5, 5.41) is 12.4. The summed E-state index contributed by atoms with van der Waals surface area (Å²) in [5.74, 6) is -0.0552. The van der Waals surface area contributed by atoms with Gasteiger partial charge in [-0.1, -0.05) is 12.1 Å². The molecule has 0 radical (unpaired) electrons. The molecule has 108 valence electrons. The minimum Gasteiger partial charge on any atom is -0.393 e. The maximum atomic E-state index is 11.8. The van der Waals surface area contributed by atoms with Crippen molar-refractivity contribution in [2.75, 3.05) is 6.26 Å². The summed E-state index contributed by atoms with van der Waals surface area (Å²) < 4.78 is 0. The molecule has 1 fully saturated rings. The molecule has 0 heterocycles. The molecular formula is C16H21NO2S. The predicted molar refractivity (Wildman–Crippen MR) is 83.7 cm³/mol. The molecule has 0 spiro atoms. The zero-order chi connectivity index (χ0) is 14.4. The molecule has 0 bridgehead atoms. The number of nitrogens with one attached hydrogen (secondary N) is 1. The van der Waals surface area contributed by atoms with Crippen LogP contribution in [-0.2, 0) is 4.79 Å². The summed E-state index contributed by atoms with van der Waals surface area (Å²) in [6.45, 7) is 0. The second-order valence-corrected chi connectivity index (χ2v) is 6.00. The van der Waals surface area contributed by atoms with Crippen LogP contribution in [0.15, 0.2) is 35.2 Å². The number of thioether (sulfide) groups is 1. The van der Waals surface area contributed by atoms with E-state index in [9.17, 15) is 9.90 Å². The van der Waals surface area contributed by atoms with Crippen LogP contribution in [0.5, 0.6) is 0 Å². The summed E-state index contributed by atoms with van der Waals surface area (Å²) in [7, 11) is 0. The van der Waals surface area contributed by atoms with E-state index in [0.29, 0.717) is 0 Å². The Morgan fingerprint density at radius 1 is 1.25 bits per heavy atom. The predicted octanol–water partition coefficient (Wildman–Crippen LogP) is 2.84. The molecule has 1 saturated carbocycles. The Bertz CT molecular complexity index is 462. The zero-order valence-corrected chi connectivity index (χ0v) is 12.5. The summed E-state index contributed by atoms with van der Waals surface area (Å²) in [6.07, 6.45) is 8.56. The Morgan fingerprint density at radius 3 is 2.50 bits per heavy atom. The number of benzene rings is 1. The van der Waals surface area contributed by atoms with E-state index in [1.54, 1.807) is 17.8 Å². The quantitative estimate of drug-likeness (QED) is 0.662. The smallest absolute Gasteiger partial charge is 0.244 e. The maximum Gasteiger partial charge on any atom is 0.244 e. The van der Waals surface area contributed by atoms with Crippen LogP contribution < -0.4 is 5.32 Å². The molecule has 2 rings (SSSR count). The molecule has 20 heavy (non-hydrogen) atoms. The van der Waals surface area contributed by atoms with Crippen LogP contribution in [0.25, 0.3) is 6.08 Å². The Labute approximate surface area is 124 Å².